The summed E-state index contributed by atoms with van der Waals surface area (Å²) in [7, 11) is 1.29. The third-order valence-corrected chi connectivity index (χ3v) is 1.82. The lowest BCUT2D eigenvalue weighted by atomic mass is 10.4. The molecule has 78 valence electrons. The van der Waals surface area contributed by atoms with Gasteiger partial charge in [-0.1, -0.05) is 5.21 Å². The van der Waals surface area contributed by atoms with Crippen molar-refractivity contribution in [3.8, 4) is 5.82 Å². The van der Waals surface area contributed by atoms with E-state index in [4.69, 9.17) is 0 Å². The first kappa shape index (κ1) is 9.38. The minimum absolute atomic E-state index is 0.151. The van der Waals surface area contributed by atoms with Crippen LogP contribution in [0.4, 0.5) is 0 Å². The van der Waals surface area contributed by atoms with Crippen LogP contribution in [0, 0.1) is 6.92 Å². The molecule has 0 aromatic carbocycles. The van der Waals surface area contributed by atoms with Crippen LogP contribution in [0.15, 0.2) is 12.3 Å². The van der Waals surface area contributed by atoms with Gasteiger partial charge in [0.2, 0.25) is 0 Å². The number of aromatic nitrogens is 5. The van der Waals surface area contributed by atoms with Crippen LogP contribution in [0.1, 0.15) is 16.2 Å². The molecule has 2 aromatic heterocycles. The lowest BCUT2D eigenvalue weighted by molar-refractivity contribution is 0.0594. The van der Waals surface area contributed by atoms with Gasteiger partial charge in [-0.15, -0.1) is 5.10 Å². The molecule has 0 aliphatic rings. The van der Waals surface area contributed by atoms with Crippen LogP contribution in [0.2, 0.25) is 0 Å². The maximum atomic E-state index is 11.1. The first-order valence-electron chi connectivity index (χ1n) is 4.24. The minimum Gasteiger partial charge on any atom is -0.464 e. The Morgan fingerprint density at radius 2 is 2.40 bits per heavy atom. The van der Waals surface area contributed by atoms with Gasteiger partial charge in [0.25, 0.3) is 0 Å². The SMILES string of the molecule is COC(=O)c1cn(-c2cc(C)[nH]n2)nn1. The van der Waals surface area contributed by atoms with E-state index in [9.17, 15) is 4.79 Å². The molecule has 0 spiro atoms. The lowest BCUT2D eigenvalue weighted by Crippen LogP contribution is -2.01. The molecule has 0 amide bonds. The summed E-state index contributed by atoms with van der Waals surface area (Å²) in [6, 6.07) is 1.79. The number of aryl methyl sites for hydroxylation is 1. The number of methoxy groups -OCH3 is 1. The number of H-pyrrole nitrogens is 1. The van der Waals surface area contributed by atoms with E-state index in [0.29, 0.717) is 5.82 Å². The molecular formula is C8H9N5O2. The summed E-state index contributed by atoms with van der Waals surface area (Å²) in [6.45, 7) is 1.87. The van der Waals surface area contributed by atoms with Crippen molar-refractivity contribution in [2.24, 2.45) is 0 Å². The maximum absolute atomic E-state index is 11.1. The number of nitrogens with zero attached hydrogens (tertiary/aromatic N) is 4. The molecule has 0 bridgehead atoms. The highest BCUT2D eigenvalue weighted by atomic mass is 16.5. The van der Waals surface area contributed by atoms with E-state index in [1.807, 2.05) is 6.92 Å². The fraction of sp³-hybridized carbons (Fsp3) is 0.250. The summed E-state index contributed by atoms with van der Waals surface area (Å²) >= 11 is 0. The molecule has 15 heavy (non-hydrogen) atoms. The van der Waals surface area contributed by atoms with Crippen LogP contribution < -0.4 is 0 Å². The monoisotopic (exact) mass is 207 g/mol. The summed E-state index contributed by atoms with van der Waals surface area (Å²) < 4.78 is 5.91. The zero-order valence-electron chi connectivity index (χ0n) is 8.26. The van der Waals surface area contributed by atoms with Gasteiger partial charge in [-0.25, -0.2) is 4.79 Å². The summed E-state index contributed by atoms with van der Waals surface area (Å²) in [6.07, 6.45) is 1.46. The molecular weight excluding hydrogens is 198 g/mol. The number of carbonyl (C=O) groups is 1. The minimum atomic E-state index is -0.520. The number of rotatable bonds is 2. The average Bonchev–Trinajstić information content (AvgIpc) is 2.84. The van der Waals surface area contributed by atoms with Gasteiger partial charge in [-0.05, 0) is 6.92 Å². The van der Waals surface area contributed by atoms with Gasteiger partial charge in [0, 0.05) is 11.8 Å². The van der Waals surface area contributed by atoms with Gasteiger partial charge in [-0.3, -0.25) is 5.10 Å². The molecule has 0 saturated carbocycles. The molecule has 0 atom stereocenters. The quantitative estimate of drug-likeness (QED) is 0.705. The molecule has 0 aliphatic heterocycles. The molecule has 1 N–H and O–H groups in total. The van der Waals surface area contributed by atoms with E-state index in [-0.39, 0.29) is 5.69 Å². The third-order valence-electron chi connectivity index (χ3n) is 1.82. The first-order valence-corrected chi connectivity index (χ1v) is 4.24. The zero-order valence-corrected chi connectivity index (χ0v) is 8.26. The molecule has 2 heterocycles. The Labute approximate surface area is 85.1 Å². The van der Waals surface area contributed by atoms with E-state index in [1.165, 1.54) is 18.0 Å². The largest absolute Gasteiger partial charge is 0.464 e. The van der Waals surface area contributed by atoms with Crippen LogP contribution in [-0.2, 0) is 4.74 Å². The topological polar surface area (TPSA) is 85.7 Å². The Morgan fingerprint density at radius 3 is 3.00 bits per heavy atom. The van der Waals surface area contributed by atoms with Crippen molar-refractivity contribution in [1.29, 1.82) is 0 Å². The molecule has 0 aliphatic carbocycles. The Kier molecular flexibility index (Phi) is 2.20. The van der Waals surface area contributed by atoms with E-state index in [0.717, 1.165) is 5.69 Å². The van der Waals surface area contributed by atoms with Crippen molar-refractivity contribution in [2.45, 2.75) is 6.92 Å². The van der Waals surface area contributed by atoms with Gasteiger partial charge in [0.05, 0.1) is 13.3 Å². The average molecular weight is 207 g/mol. The normalized spacial score (nSPS) is 10.3. The molecule has 0 unspecified atom stereocenters. The van der Waals surface area contributed by atoms with Crippen LogP contribution in [0.25, 0.3) is 5.82 Å². The Bertz CT molecular complexity index is 487. The van der Waals surface area contributed by atoms with E-state index < -0.39 is 5.97 Å². The van der Waals surface area contributed by atoms with E-state index in [2.05, 4.69) is 25.2 Å². The van der Waals surface area contributed by atoms with Gasteiger partial charge in [0.1, 0.15) is 0 Å². The van der Waals surface area contributed by atoms with Gasteiger partial charge in [0.15, 0.2) is 11.5 Å². The third kappa shape index (κ3) is 1.71. The van der Waals surface area contributed by atoms with E-state index in [1.54, 1.807) is 6.07 Å². The molecule has 2 aromatic rings. The number of aromatic amines is 1. The summed E-state index contributed by atoms with van der Waals surface area (Å²) in [5.74, 6) is 0.0589. The van der Waals surface area contributed by atoms with Gasteiger partial charge in [-0.2, -0.15) is 9.78 Å². The summed E-state index contributed by atoms with van der Waals surface area (Å²) in [4.78, 5) is 11.1. The molecule has 7 heteroatoms. The van der Waals surface area contributed by atoms with E-state index >= 15 is 0 Å². The maximum Gasteiger partial charge on any atom is 0.360 e. The highest BCUT2D eigenvalue weighted by molar-refractivity contribution is 5.86. The second-order valence-electron chi connectivity index (χ2n) is 2.95. The zero-order chi connectivity index (χ0) is 10.8. The van der Waals surface area contributed by atoms with Gasteiger partial charge < -0.3 is 4.74 Å². The van der Waals surface area contributed by atoms with Crippen molar-refractivity contribution in [3.05, 3.63) is 23.7 Å². The molecule has 0 saturated heterocycles. The molecule has 7 nitrogen and oxygen atoms in total. The standard InChI is InChI=1S/C8H9N5O2/c1-5-3-7(11-9-5)13-4-6(10-12-13)8(14)15-2/h3-4H,1-2H3,(H,9,11). The van der Waals surface area contributed by atoms with Crippen molar-refractivity contribution in [1.82, 2.24) is 25.2 Å². The molecule has 0 fully saturated rings. The fourth-order valence-corrected chi connectivity index (χ4v) is 1.09. The molecule has 2 rings (SSSR count). The van der Waals surface area contributed by atoms with Crippen molar-refractivity contribution in [2.75, 3.05) is 7.11 Å². The van der Waals surface area contributed by atoms with Crippen LogP contribution in [-0.4, -0.2) is 38.3 Å². The Balaban J connectivity index is 2.31. The van der Waals surface area contributed by atoms with Crippen molar-refractivity contribution < 1.29 is 9.53 Å². The predicted molar refractivity (Wildman–Crippen MR) is 49.6 cm³/mol. The lowest BCUT2D eigenvalue weighted by Gasteiger charge is -1.91. The van der Waals surface area contributed by atoms with Crippen LogP contribution in [0.5, 0.6) is 0 Å². The van der Waals surface area contributed by atoms with Crippen LogP contribution >= 0.6 is 0 Å². The Hall–Kier alpha value is -2.18. The second kappa shape index (κ2) is 3.52. The smallest absolute Gasteiger partial charge is 0.360 e. The number of ether oxygens (including phenoxy) is 1. The first-order chi connectivity index (χ1) is 7.20. The van der Waals surface area contributed by atoms with Gasteiger partial charge >= 0.3 is 5.97 Å². The van der Waals surface area contributed by atoms with Crippen molar-refractivity contribution in [3.63, 3.8) is 0 Å². The highest BCUT2D eigenvalue weighted by Gasteiger charge is 2.12. The summed E-state index contributed by atoms with van der Waals surface area (Å²) in [5, 5.41) is 14.1. The van der Waals surface area contributed by atoms with Crippen molar-refractivity contribution >= 4 is 5.97 Å². The second-order valence-corrected chi connectivity index (χ2v) is 2.95. The van der Waals surface area contributed by atoms with Crippen LogP contribution in [0.3, 0.4) is 0 Å². The Morgan fingerprint density at radius 1 is 1.60 bits per heavy atom. The number of esters is 1. The summed E-state index contributed by atoms with van der Waals surface area (Å²) in [5.41, 5.74) is 1.05. The number of hydrogen-bond acceptors (Lipinski definition) is 5. The molecule has 0 radical (unpaired) electrons. The number of nitrogens with one attached hydrogen (secondary N) is 1. The fourth-order valence-electron chi connectivity index (χ4n) is 1.09. The predicted octanol–water partition coefficient (Wildman–Crippen LogP) is 0.0854. The number of carbonyl (C=O) groups excluding carboxylic acids is 1. The number of hydrogen-bond donors (Lipinski definition) is 1. The highest BCUT2D eigenvalue weighted by Crippen LogP contribution is 2.04.